The minimum Gasteiger partial charge on any atom is -0.496 e. The third-order valence-electron chi connectivity index (χ3n) is 3.08. The predicted octanol–water partition coefficient (Wildman–Crippen LogP) is 2.93. The fourth-order valence-electron chi connectivity index (χ4n) is 1.85. The van der Waals surface area contributed by atoms with Gasteiger partial charge in [0, 0.05) is 5.92 Å². The van der Waals surface area contributed by atoms with Gasteiger partial charge < -0.3 is 9.15 Å². The van der Waals surface area contributed by atoms with Crippen LogP contribution in [0, 0.1) is 0 Å². The second-order valence-electron chi connectivity index (χ2n) is 4.59. The van der Waals surface area contributed by atoms with E-state index < -0.39 is 0 Å². The zero-order valence-electron chi connectivity index (χ0n) is 11.0. The number of hydrogen-bond acceptors (Lipinski definition) is 6. The van der Waals surface area contributed by atoms with E-state index in [2.05, 4.69) is 10.2 Å². The Morgan fingerprint density at radius 1 is 1.40 bits per heavy atom. The van der Waals surface area contributed by atoms with Crippen molar-refractivity contribution in [2.75, 3.05) is 12.9 Å². The van der Waals surface area contributed by atoms with Crippen LogP contribution in [0.2, 0.25) is 0 Å². The molecule has 1 aliphatic rings. The Kier molecular flexibility index (Phi) is 3.73. The standard InChI is InChI=1S/C14H14N2O3S/c1-18-12-5-3-2-4-10(12)11(17)8-20-14-16-15-13(19-14)9-6-7-9/h2-5,9H,6-8H2,1H3. The van der Waals surface area contributed by atoms with Gasteiger partial charge in [0.25, 0.3) is 5.22 Å². The lowest BCUT2D eigenvalue weighted by Gasteiger charge is -2.05. The number of benzene rings is 1. The van der Waals surface area contributed by atoms with Crippen LogP contribution in [-0.2, 0) is 0 Å². The van der Waals surface area contributed by atoms with Crippen LogP contribution >= 0.6 is 11.8 Å². The molecule has 0 unspecified atom stereocenters. The highest BCUT2D eigenvalue weighted by atomic mass is 32.2. The van der Waals surface area contributed by atoms with Crippen molar-refractivity contribution >= 4 is 17.5 Å². The molecule has 1 saturated carbocycles. The number of ether oxygens (including phenoxy) is 1. The number of thioether (sulfide) groups is 1. The van der Waals surface area contributed by atoms with E-state index in [-0.39, 0.29) is 11.5 Å². The number of carbonyl (C=O) groups is 1. The van der Waals surface area contributed by atoms with Gasteiger partial charge in [0.15, 0.2) is 5.78 Å². The highest BCUT2D eigenvalue weighted by Crippen LogP contribution is 2.39. The summed E-state index contributed by atoms with van der Waals surface area (Å²) in [5, 5.41) is 8.39. The van der Waals surface area contributed by atoms with Crippen LogP contribution in [0.1, 0.15) is 35.0 Å². The van der Waals surface area contributed by atoms with Gasteiger partial charge in [-0.05, 0) is 25.0 Å². The van der Waals surface area contributed by atoms with Gasteiger partial charge in [-0.15, -0.1) is 10.2 Å². The Morgan fingerprint density at radius 3 is 2.95 bits per heavy atom. The maximum absolute atomic E-state index is 12.2. The number of hydrogen-bond donors (Lipinski definition) is 0. The molecular weight excluding hydrogens is 276 g/mol. The Bertz CT molecular complexity index is 622. The lowest BCUT2D eigenvalue weighted by molar-refractivity contribution is 0.101. The molecule has 0 saturated heterocycles. The van der Waals surface area contributed by atoms with Crippen LogP contribution < -0.4 is 4.74 Å². The van der Waals surface area contributed by atoms with E-state index in [4.69, 9.17) is 9.15 Å². The van der Waals surface area contributed by atoms with Gasteiger partial charge in [0.1, 0.15) is 5.75 Å². The zero-order chi connectivity index (χ0) is 13.9. The first-order chi connectivity index (χ1) is 9.78. The van der Waals surface area contributed by atoms with Crippen molar-refractivity contribution < 1.29 is 13.9 Å². The van der Waals surface area contributed by atoms with Gasteiger partial charge in [-0.1, -0.05) is 23.9 Å². The molecule has 1 aromatic carbocycles. The molecule has 0 N–H and O–H groups in total. The molecule has 0 bridgehead atoms. The van der Waals surface area contributed by atoms with Gasteiger partial charge in [0.2, 0.25) is 5.89 Å². The molecule has 0 radical (unpaired) electrons. The van der Waals surface area contributed by atoms with Crippen LogP contribution in [0.4, 0.5) is 0 Å². The van der Waals surface area contributed by atoms with Crippen molar-refractivity contribution in [3.63, 3.8) is 0 Å². The predicted molar refractivity (Wildman–Crippen MR) is 74.3 cm³/mol. The molecule has 6 heteroatoms. The van der Waals surface area contributed by atoms with Crippen LogP contribution in [0.25, 0.3) is 0 Å². The first kappa shape index (κ1) is 13.2. The molecule has 1 fully saturated rings. The van der Waals surface area contributed by atoms with E-state index >= 15 is 0 Å². The Labute approximate surface area is 120 Å². The molecule has 2 aromatic rings. The molecule has 20 heavy (non-hydrogen) atoms. The summed E-state index contributed by atoms with van der Waals surface area (Å²) in [5.41, 5.74) is 0.574. The maximum Gasteiger partial charge on any atom is 0.277 e. The number of Topliss-reactive ketones (excluding diaryl/α,β-unsaturated/α-hetero) is 1. The topological polar surface area (TPSA) is 65.2 Å². The molecule has 0 atom stereocenters. The molecule has 5 nitrogen and oxygen atoms in total. The number of nitrogens with zero attached hydrogens (tertiary/aromatic N) is 2. The van der Waals surface area contributed by atoms with E-state index in [0.717, 1.165) is 12.8 Å². The summed E-state index contributed by atoms with van der Waals surface area (Å²) in [6.07, 6.45) is 2.24. The van der Waals surface area contributed by atoms with Crippen LogP contribution in [-0.4, -0.2) is 28.8 Å². The first-order valence-corrected chi connectivity index (χ1v) is 7.39. The lowest BCUT2D eigenvalue weighted by atomic mass is 10.1. The number of ketones is 1. The number of methoxy groups -OCH3 is 1. The summed E-state index contributed by atoms with van der Waals surface area (Å²) in [4.78, 5) is 12.2. The van der Waals surface area contributed by atoms with Gasteiger partial charge in [-0.3, -0.25) is 4.79 Å². The first-order valence-electron chi connectivity index (χ1n) is 6.40. The monoisotopic (exact) mass is 290 g/mol. The van der Waals surface area contributed by atoms with Crippen molar-refractivity contribution in [1.29, 1.82) is 0 Å². The largest absolute Gasteiger partial charge is 0.496 e. The van der Waals surface area contributed by atoms with E-state index in [1.165, 1.54) is 11.8 Å². The Balaban J connectivity index is 1.63. The number of para-hydroxylation sites is 1. The number of aromatic nitrogens is 2. The molecule has 1 aliphatic carbocycles. The van der Waals surface area contributed by atoms with Crippen LogP contribution in [0.5, 0.6) is 5.75 Å². The average Bonchev–Trinajstić information content (AvgIpc) is 3.23. The SMILES string of the molecule is COc1ccccc1C(=O)CSc1nnc(C2CC2)o1. The molecule has 1 aromatic heterocycles. The van der Waals surface area contributed by atoms with Crippen molar-refractivity contribution in [2.45, 2.75) is 24.0 Å². The van der Waals surface area contributed by atoms with Crippen molar-refractivity contribution in [2.24, 2.45) is 0 Å². The van der Waals surface area contributed by atoms with Gasteiger partial charge in [0.05, 0.1) is 18.4 Å². The summed E-state index contributed by atoms with van der Waals surface area (Å²) in [7, 11) is 1.55. The Morgan fingerprint density at radius 2 is 2.20 bits per heavy atom. The quantitative estimate of drug-likeness (QED) is 0.602. The summed E-state index contributed by atoms with van der Waals surface area (Å²) in [6, 6.07) is 7.18. The fraction of sp³-hybridized carbons (Fsp3) is 0.357. The summed E-state index contributed by atoms with van der Waals surface area (Å²) in [5.74, 6) is 1.95. The lowest BCUT2D eigenvalue weighted by Crippen LogP contribution is -2.04. The third kappa shape index (κ3) is 2.85. The van der Waals surface area contributed by atoms with Crippen LogP contribution in [0.3, 0.4) is 0 Å². The highest BCUT2D eigenvalue weighted by Gasteiger charge is 2.29. The second-order valence-corrected chi connectivity index (χ2v) is 5.52. The second kappa shape index (κ2) is 5.66. The van der Waals surface area contributed by atoms with Gasteiger partial charge >= 0.3 is 0 Å². The van der Waals surface area contributed by atoms with Crippen LogP contribution in [0.15, 0.2) is 33.9 Å². The Hall–Kier alpha value is -1.82. The van der Waals surface area contributed by atoms with E-state index in [0.29, 0.717) is 28.3 Å². The number of rotatable bonds is 6. The third-order valence-corrected chi connectivity index (χ3v) is 3.90. The molecule has 0 spiro atoms. The van der Waals surface area contributed by atoms with Crippen molar-refractivity contribution in [1.82, 2.24) is 10.2 Å². The van der Waals surface area contributed by atoms with Gasteiger partial charge in [-0.2, -0.15) is 0 Å². The minimum atomic E-state index is -0.0152. The molecular formula is C14H14N2O3S. The normalized spacial score (nSPS) is 14.2. The van der Waals surface area contributed by atoms with Crippen molar-refractivity contribution in [3.05, 3.63) is 35.7 Å². The zero-order valence-corrected chi connectivity index (χ0v) is 11.9. The van der Waals surface area contributed by atoms with Gasteiger partial charge in [-0.25, -0.2) is 0 Å². The maximum atomic E-state index is 12.2. The number of carbonyl (C=O) groups excluding carboxylic acids is 1. The molecule has 3 rings (SSSR count). The molecule has 104 valence electrons. The molecule has 0 aliphatic heterocycles. The highest BCUT2D eigenvalue weighted by molar-refractivity contribution is 7.99. The van der Waals surface area contributed by atoms with Crippen molar-refractivity contribution in [3.8, 4) is 5.75 Å². The fourth-order valence-corrected chi connectivity index (χ4v) is 2.51. The smallest absolute Gasteiger partial charge is 0.277 e. The summed E-state index contributed by atoms with van der Waals surface area (Å²) >= 11 is 1.26. The van der Waals surface area contributed by atoms with E-state index in [1.54, 1.807) is 19.2 Å². The summed E-state index contributed by atoms with van der Waals surface area (Å²) < 4.78 is 10.7. The molecule has 1 heterocycles. The molecule has 0 amide bonds. The van der Waals surface area contributed by atoms with E-state index in [1.807, 2.05) is 12.1 Å². The summed E-state index contributed by atoms with van der Waals surface area (Å²) in [6.45, 7) is 0. The minimum absolute atomic E-state index is 0.0152. The van der Waals surface area contributed by atoms with E-state index in [9.17, 15) is 4.79 Å². The average molecular weight is 290 g/mol.